The van der Waals surface area contributed by atoms with Crippen molar-refractivity contribution in [1.82, 2.24) is 0 Å². The van der Waals surface area contributed by atoms with Gasteiger partial charge in [0.15, 0.2) is 0 Å². The Labute approximate surface area is 132 Å². The Morgan fingerprint density at radius 3 is 2.68 bits per heavy atom. The summed E-state index contributed by atoms with van der Waals surface area (Å²) in [6.45, 7) is 1.87. The van der Waals surface area contributed by atoms with Gasteiger partial charge in [-0.2, -0.15) is 0 Å². The summed E-state index contributed by atoms with van der Waals surface area (Å²) in [5.74, 6) is 0.359. The highest BCUT2D eigenvalue weighted by Crippen LogP contribution is 2.28. The van der Waals surface area contributed by atoms with Crippen molar-refractivity contribution in [3.63, 3.8) is 0 Å². The van der Waals surface area contributed by atoms with Crippen molar-refractivity contribution in [1.29, 1.82) is 0 Å². The number of hydrogen-bond donors (Lipinski definition) is 1. The van der Waals surface area contributed by atoms with Gasteiger partial charge in [-0.1, -0.05) is 51.1 Å². The molecule has 0 aliphatic heterocycles. The van der Waals surface area contributed by atoms with E-state index < -0.39 is 0 Å². The summed E-state index contributed by atoms with van der Waals surface area (Å²) in [7, 11) is 0.114. The SMILES string of the molecule is Cc1ccc(Pc2cc(C3C=CC=CC3)ccc2O)c(F)c1. The molecule has 1 nitrogen and oxygen atoms in total. The second-order valence-corrected chi connectivity index (χ2v) is 6.87. The van der Waals surface area contributed by atoms with Crippen molar-refractivity contribution in [2.75, 3.05) is 0 Å². The summed E-state index contributed by atoms with van der Waals surface area (Å²) >= 11 is 0. The van der Waals surface area contributed by atoms with Crippen molar-refractivity contribution in [3.05, 3.63) is 77.6 Å². The maximum Gasteiger partial charge on any atom is 0.131 e. The van der Waals surface area contributed by atoms with E-state index in [-0.39, 0.29) is 20.1 Å². The van der Waals surface area contributed by atoms with Gasteiger partial charge in [-0.05, 0) is 42.7 Å². The van der Waals surface area contributed by atoms with Crippen LogP contribution in [0.15, 0.2) is 60.7 Å². The number of phenolic OH excluding ortho intramolecular Hbond substituents is 1. The molecule has 0 amide bonds. The quantitative estimate of drug-likeness (QED) is 0.847. The minimum Gasteiger partial charge on any atom is -0.507 e. The molecule has 2 aromatic carbocycles. The zero-order valence-corrected chi connectivity index (χ0v) is 13.4. The minimum atomic E-state index is -0.205. The van der Waals surface area contributed by atoms with Gasteiger partial charge in [0.2, 0.25) is 0 Å². The molecule has 0 fully saturated rings. The summed E-state index contributed by atoms with van der Waals surface area (Å²) in [6, 6.07) is 10.9. The molecule has 2 aromatic rings. The Morgan fingerprint density at radius 1 is 1.09 bits per heavy atom. The van der Waals surface area contributed by atoms with Gasteiger partial charge in [0.25, 0.3) is 0 Å². The van der Waals surface area contributed by atoms with Crippen molar-refractivity contribution in [2.45, 2.75) is 19.3 Å². The Morgan fingerprint density at radius 2 is 1.95 bits per heavy atom. The number of allylic oxidation sites excluding steroid dienone is 4. The lowest BCUT2D eigenvalue weighted by atomic mass is 9.93. The molecule has 2 unspecified atom stereocenters. The molecule has 2 atom stereocenters. The van der Waals surface area contributed by atoms with Crippen LogP contribution in [0.25, 0.3) is 0 Å². The van der Waals surface area contributed by atoms with Crippen LogP contribution in [0.1, 0.15) is 23.5 Å². The fourth-order valence-corrected chi connectivity index (χ4v) is 3.68. The number of aromatic hydroxyl groups is 1. The Hall–Kier alpha value is -1.92. The Kier molecular flexibility index (Phi) is 4.40. The Balaban J connectivity index is 1.89. The van der Waals surface area contributed by atoms with Gasteiger partial charge < -0.3 is 5.11 Å². The van der Waals surface area contributed by atoms with E-state index in [0.717, 1.165) is 22.9 Å². The average molecular weight is 312 g/mol. The first-order valence-corrected chi connectivity index (χ1v) is 8.33. The first-order valence-electron chi connectivity index (χ1n) is 7.33. The van der Waals surface area contributed by atoms with Crippen LogP contribution in [0.2, 0.25) is 0 Å². The van der Waals surface area contributed by atoms with E-state index in [2.05, 4.69) is 12.2 Å². The third kappa shape index (κ3) is 3.28. The predicted molar refractivity (Wildman–Crippen MR) is 92.5 cm³/mol. The van der Waals surface area contributed by atoms with Gasteiger partial charge in [-0.15, -0.1) is 0 Å². The topological polar surface area (TPSA) is 20.2 Å². The molecule has 0 bridgehead atoms. The van der Waals surface area contributed by atoms with Gasteiger partial charge in [0, 0.05) is 16.5 Å². The van der Waals surface area contributed by atoms with Crippen LogP contribution in [-0.4, -0.2) is 5.11 Å². The standard InChI is InChI=1S/C19H18FOP/c1-13-7-10-18(16(20)11-13)22-19-12-15(8-9-17(19)21)14-5-3-2-4-6-14/h2-5,7-12,14,21-22H,6H2,1H3. The molecule has 22 heavy (non-hydrogen) atoms. The minimum absolute atomic E-state index is 0.114. The summed E-state index contributed by atoms with van der Waals surface area (Å²) in [5.41, 5.74) is 2.07. The number of halogens is 1. The Bertz CT molecular complexity index is 749. The van der Waals surface area contributed by atoms with Crippen LogP contribution in [0, 0.1) is 12.7 Å². The zero-order chi connectivity index (χ0) is 15.5. The average Bonchev–Trinajstić information content (AvgIpc) is 2.53. The molecule has 1 aliphatic rings. The van der Waals surface area contributed by atoms with Crippen LogP contribution in [0.3, 0.4) is 0 Å². The second kappa shape index (κ2) is 6.46. The van der Waals surface area contributed by atoms with Crippen LogP contribution in [0.5, 0.6) is 5.75 Å². The van der Waals surface area contributed by atoms with Gasteiger partial charge >= 0.3 is 0 Å². The molecule has 1 N–H and O–H groups in total. The largest absolute Gasteiger partial charge is 0.507 e. The molecular formula is C19H18FOP. The molecule has 112 valence electrons. The summed E-state index contributed by atoms with van der Waals surface area (Å²) in [6.07, 6.45) is 9.34. The van der Waals surface area contributed by atoms with E-state index in [0.29, 0.717) is 11.2 Å². The fourth-order valence-electron chi connectivity index (χ4n) is 2.58. The van der Waals surface area contributed by atoms with Crippen molar-refractivity contribution >= 4 is 19.2 Å². The summed E-state index contributed by atoms with van der Waals surface area (Å²) < 4.78 is 14.0. The lowest BCUT2D eigenvalue weighted by Gasteiger charge is -2.15. The number of benzene rings is 2. The molecule has 1 aliphatic carbocycles. The van der Waals surface area contributed by atoms with Crippen LogP contribution in [0.4, 0.5) is 4.39 Å². The van der Waals surface area contributed by atoms with Gasteiger partial charge in [0.05, 0.1) is 0 Å². The lowest BCUT2D eigenvalue weighted by molar-refractivity contribution is 0.479. The predicted octanol–water partition coefficient (Wildman–Crippen LogP) is 4.07. The highest BCUT2D eigenvalue weighted by molar-refractivity contribution is 7.55. The van der Waals surface area contributed by atoms with E-state index in [1.807, 2.05) is 37.3 Å². The highest BCUT2D eigenvalue weighted by Gasteiger charge is 2.13. The molecule has 0 aromatic heterocycles. The summed E-state index contributed by atoms with van der Waals surface area (Å²) in [4.78, 5) is 0. The first-order chi connectivity index (χ1) is 10.6. The van der Waals surface area contributed by atoms with Crippen molar-refractivity contribution < 1.29 is 9.50 Å². The number of hydrogen-bond acceptors (Lipinski definition) is 1. The number of rotatable bonds is 3. The summed E-state index contributed by atoms with van der Waals surface area (Å²) in [5, 5.41) is 11.5. The third-order valence-electron chi connectivity index (χ3n) is 3.82. The monoisotopic (exact) mass is 312 g/mol. The van der Waals surface area contributed by atoms with E-state index in [1.54, 1.807) is 12.1 Å². The van der Waals surface area contributed by atoms with E-state index in [1.165, 1.54) is 6.07 Å². The van der Waals surface area contributed by atoms with Crippen LogP contribution >= 0.6 is 8.58 Å². The molecule has 0 radical (unpaired) electrons. The van der Waals surface area contributed by atoms with Crippen molar-refractivity contribution in [3.8, 4) is 5.75 Å². The smallest absolute Gasteiger partial charge is 0.131 e. The molecule has 0 heterocycles. The third-order valence-corrected chi connectivity index (χ3v) is 5.17. The fraction of sp³-hybridized carbons (Fsp3) is 0.158. The van der Waals surface area contributed by atoms with Gasteiger partial charge in [-0.25, -0.2) is 4.39 Å². The maximum atomic E-state index is 14.0. The van der Waals surface area contributed by atoms with E-state index in [4.69, 9.17) is 0 Å². The molecule has 0 saturated carbocycles. The second-order valence-electron chi connectivity index (χ2n) is 5.54. The number of phenols is 1. The lowest BCUT2D eigenvalue weighted by Crippen LogP contribution is -2.10. The molecular weight excluding hydrogens is 294 g/mol. The number of aryl methyl sites for hydroxylation is 1. The van der Waals surface area contributed by atoms with Crippen LogP contribution < -0.4 is 10.6 Å². The van der Waals surface area contributed by atoms with Crippen LogP contribution in [-0.2, 0) is 0 Å². The van der Waals surface area contributed by atoms with Gasteiger partial charge in [0.1, 0.15) is 11.6 Å². The van der Waals surface area contributed by atoms with E-state index >= 15 is 0 Å². The van der Waals surface area contributed by atoms with Gasteiger partial charge in [-0.3, -0.25) is 0 Å². The molecule has 0 saturated heterocycles. The first kappa shape index (κ1) is 15.0. The van der Waals surface area contributed by atoms with Crippen molar-refractivity contribution in [2.24, 2.45) is 0 Å². The molecule has 3 rings (SSSR count). The normalized spacial score (nSPS) is 17.5. The van der Waals surface area contributed by atoms with E-state index in [9.17, 15) is 9.50 Å². The molecule has 3 heteroatoms. The zero-order valence-electron chi connectivity index (χ0n) is 12.4. The molecule has 0 spiro atoms. The maximum absolute atomic E-state index is 14.0. The highest BCUT2D eigenvalue weighted by atomic mass is 31.1.